The molecule has 5 nitrogen and oxygen atoms in total. The number of nitrogens with zero attached hydrogens (tertiary/aromatic N) is 2. The second-order valence-corrected chi connectivity index (χ2v) is 6.32. The largest absolute Gasteiger partial charge is 0.471 e. The van der Waals surface area contributed by atoms with E-state index in [2.05, 4.69) is 10.3 Å². The molecule has 1 fully saturated rings. The topological polar surface area (TPSA) is 54.5 Å². The fraction of sp³-hybridized carbons (Fsp3) is 0.368. The van der Waals surface area contributed by atoms with E-state index in [4.69, 9.17) is 4.74 Å². The van der Waals surface area contributed by atoms with Crippen LogP contribution in [0.2, 0.25) is 0 Å². The minimum absolute atomic E-state index is 0.0854. The molecule has 3 rings (SSSR count). The fourth-order valence-electron chi connectivity index (χ4n) is 2.73. The minimum Gasteiger partial charge on any atom is -0.471 e. The summed E-state index contributed by atoms with van der Waals surface area (Å²) in [5, 5.41) is 2.84. The van der Waals surface area contributed by atoms with E-state index in [1.165, 1.54) is 17.7 Å². The molecule has 1 aromatic heterocycles. The zero-order valence-electron chi connectivity index (χ0n) is 14.6. The average Bonchev–Trinajstić information content (AvgIpc) is 2.62. The number of carbonyl (C=O) groups is 1. The van der Waals surface area contributed by atoms with Crippen LogP contribution in [0, 0.1) is 0 Å². The second kappa shape index (κ2) is 8.28. The Balaban J connectivity index is 1.36. The number of rotatable bonds is 6. The normalized spacial score (nSPS) is 14.6. The standard InChI is InChI=1S/C19H20F3N3O2/c20-19(21,22)16-9-4-10-17(24-16)27-15-12-25(13-15)18(26)23-11-5-8-14-6-2-1-3-7-14/h1-4,6-7,9-10,15H,5,8,11-13H2,(H,23,26). The minimum atomic E-state index is -4.51. The van der Waals surface area contributed by atoms with Gasteiger partial charge in [0.2, 0.25) is 5.88 Å². The number of alkyl halides is 3. The molecule has 2 amide bonds. The molecule has 0 aliphatic carbocycles. The summed E-state index contributed by atoms with van der Waals surface area (Å²) in [4.78, 5) is 17.0. The second-order valence-electron chi connectivity index (χ2n) is 6.32. The van der Waals surface area contributed by atoms with E-state index in [0.29, 0.717) is 19.6 Å². The molecule has 27 heavy (non-hydrogen) atoms. The summed E-state index contributed by atoms with van der Waals surface area (Å²) < 4.78 is 43.4. The van der Waals surface area contributed by atoms with Crippen molar-refractivity contribution in [2.45, 2.75) is 25.1 Å². The number of nitrogens with one attached hydrogen (secondary N) is 1. The Labute approximate surface area is 155 Å². The monoisotopic (exact) mass is 379 g/mol. The van der Waals surface area contributed by atoms with Crippen LogP contribution < -0.4 is 10.1 Å². The van der Waals surface area contributed by atoms with Crippen molar-refractivity contribution in [3.8, 4) is 5.88 Å². The van der Waals surface area contributed by atoms with E-state index in [9.17, 15) is 18.0 Å². The summed E-state index contributed by atoms with van der Waals surface area (Å²) in [6, 6.07) is 13.3. The van der Waals surface area contributed by atoms with Gasteiger partial charge in [-0.05, 0) is 24.5 Å². The number of benzene rings is 1. The Kier molecular flexibility index (Phi) is 5.83. The maximum atomic E-state index is 12.6. The van der Waals surface area contributed by atoms with Gasteiger partial charge in [0.25, 0.3) is 0 Å². The van der Waals surface area contributed by atoms with E-state index in [1.54, 1.807) is 4.90 Å². The number of urea groups is 1. The molecule has 8 heteroatoms. The highest BCUT2D eigenvalue weighted by Gasteiger charge is 2.35. The smallest absolute Gasteiger partial charge is 0.433 e. The molecule has 1 aliphatic heterocycles. The van der Waals surface area contributed by atoms with Crippen LogP contribution in [0.25, 0.3) is 0 Å². The number of likely N-dealkylation sites (tertiary alicyclic amines) is 1. The van der Waals surface area contributed by atoms with E-state index >= 15 is 0 Å². The highest BCUT2D eigenvalue weighted by atomic mass is 19.4. The third-order valence-electron chi connectivity index (χ3n) is 4.20. The summed E-state index contributed by atoms with van der Waals surface area (Å²) in [5.41, 5.74) is 0.227. The van der Waals surface area contributed by atoms with Crippen LogP contribution in [0.3, 0.4) is 0 Å². The Hall–Kier alpha value is -2.77. The Morgan fingerprint density at radius 1 is 1.15 bits per heavy atom. The first-order chi connectivity index (χ1) is 12.9. The van der Waals surface area contributed by atoms with Crippen LogP contribution in [-0.2, 0) is 12.6 Å². The molecule has 0 radical (unpaired) electrons. The zero-order valence-corrected chi connectivity index (χ0v) is 14.6. The molecule has 0 bridgehead atoms. The van der Waals surface area contributed by atoms with Gasteiger partial charge in [-0.25, -0.2) is 9.78 Å². The molecular formula is C19H20F3N3O2. The molecule has 1 aromatic carbocycles. The Morgan fingerprint density at radius 3 is 2.59 bits per heavy atom. The first-order valence-electron chi connectivity index (χ1n) is 8.69. The predicted octanol–water partition coefficient (Wildman–Crippen LogP) is 3.51. The SMILES string of the molecule is O=C(NCCCc1ccccc1)N1CC(Oc2cccc(C(F)(F)F)n2)C1. The van der Waals surface area contributed by atoms with Crippen molar-refractivity contribution < 1.29 is 22.7 Å². The van der Waals surface area contributed by atoms with Gasteiger partial charge >= 0.3 is 12.2 Å². The van der Waals surface area contributed by atoms with Gasteiger partial charge in [0, 0.05) is 12.6 Å². The lowest BCUT2D eigenvalue weighted by molar-refractivity contribution is -0.141. The van der Waals surface area contributed by atoms with Gasteiger partial charge in [-0.15, -0.1) is 0 Å². The van der Waals surface area contributed by atoms with Crippen molar-refractivity contribution >= 4 is 6.03 Å². The van der Waals surface area contributed by atoms with Gasteiger partial charge in [-0.1, -0.05) is 36.4 Å². The molecule has 0 unspecified atom stereocenters. The summed E-state index contributed by atoms with van der Waals surface area (Å²) in [7, 11) is 0. The Bertz CT molecular complexity index is 762. The quantitative estimate of drug-likeness (QED) is 0.782. The number of hydrogen-bond donors (Lipinski definition) is 1. The molecule has 0 saturated carbocycles. The van der Waals surface area contributed by atoms with E-state index < -0.39 is 11.9 Å². The van der Waals surface area contributed by atoms with Gasteiger partial charge < -0.3 is 15.0 Å². The third kappa shape index (κ3) is 5.35. The summed E-state index contributed by atoms with van der Waals surface area (Å²) in [6.45, 7) is 1.20. The molecule has 1 saturated heterocycles. The number of carbonyl (C=O) groups excluding carboxylic acids is 1. The zero-order chi connectivity index (χ0) is 19.3. The van der Waals surface area contributed by atoms with Crippen LogP contribution in [-0.4, -0.2) is 41.7 Å². The summed E-state index contributed by atoms with van der Waals surface area (Å²) >= 11 is 0. The first-order valence-corrected chi connectivity index (χ1v) is 8.69. The summed E-state index contributed by atoms with van der Waals surface area (Å²) in [6.07, 6.45) is -3.15. The van der Waals surface area contributed by atoms with Gasteiger partial charge in [0.05, 0.1) is 13.1 Å². The lowest BCUT2D eigenvalue weighted by atomic mass is 10.1. The van der Waals surface area contributed by atoms with E-state index in [1.807, 2.05) is 30.3 Å². The molecular weight excluding hydrogens is 359 g/mol. The highest BCUT2D eigenvalue weighted by molar-refractivity contribution is 5.75. The summed E-state index contributed by atoms with van der Waals surface area (Å²) in [5.74, 6) is -0.0854. The number of amides is 2. The molecule has 0 atom stereocenters. The number of ether oxygens (including phenoxy) is 1. The molecule has 2 heterocycles. The number of aryl methyl sites for hydroxylation is 1. The Morgan fingerprint density at radius 2 is 1.89 bits per heavy atom. The molecule has 2 aromatic rings. The maximum absolute atomic E-state index is 12.6. The number of hydrogen-bond acceptors (Lipinski definition) is 3. The van der Waals surface area contributed by atoms with Crippen LogP contribution in [0.15, 0.2) is 48.5 Å². The van der Waals surface area contributed by atoms with Crippen molar-refractivity contribution in [3.63, 3.8) is 0 Å². The van der Waals surface area contributed by atoms with Crippen molar-refractivity contribution in [1.29, 1.82) is 0 Å². The van der Waals surface area contributed by atoms with Crippen LogP contribution >= 0.6 is 0 Å². The van der Waals surface area contributed by atoms with Gasteiger partial charge in [0.15, 0.2) is 0 Å². The van der Waals surface area contributed by atoms with Gasteiger partial charge in [0.1, 0.15) is 11.8 Å². The van der Waals surface area contributed by atoms with Crippen LogP contribution in [0.4, 0.5) is 18.0 Å². The fourth-order valence-corrected chi connectivity index (χ4v) is 2.73. The maximum Gasteiger partial charge on any atom is 0.433 e. The molecule has 1 N–H and O–H groups in total. The van der Waals surface area contributed by atoms with Crippen molar-refractivity contribution in [3.05, 3.63) is 59.8 Å². The van der Waals surface area contributed by atoms with Crippen molar-refractivity contribution in [2.24, 2.45) is 0 Å². The van der Waals surface area contributed by atoms with Crippen molar-refractivity contribution in [2.75, 3.05) is 19.6 Å². The van der Waals surface area contributed by atoms with Crippen LogP contribution in [0.1, 0.15) is 17.7 Å². The number of halogens is 3. The number of pyridine rings is 1. The molecule has 144 valence electrons. The lowest BCUT2D eigenvalue weighted by Gasteiger charge is -2.38. The van der Waals surface area contributed by atoms with E-state index in [0.717, 1.165) is 18.9 Å². The number of aromatic nitrogens is 1. The van der Waals surface area contributed by atoms with Crippen LogP contribution in [0.5, 0.6) is 5.88 Å². The van der Waals surface area contributed by atoms with Crippen molar-refractivity contribution in [1.82, 2.24) is 15.2 Å². The van der Waals surface area contributed by atoms with Gasteiger partial charge in [-0.3, -0.25) is 0 Å². The van der Waals surface area contributed by atoms with Gasteiger partial charge in [-0.2, -0.15) is 13.2 Å². The first kappa shape index (κ1) is 19.0. The highest BCUT2D eigenvalue weighted by Crippen LogP contribution is 2.29. The lowest BCUT2D eigenvalue weighted by Crippen LogP contribution is -2.59. The van der Waals surface area contributed by atoms with E-state index in [-0.39, 0.29) is 18.0 Å². The third-order valence-corrected chi connectivity index (χ3v) is 4.20. The molecule has 0 spiro atoms. The predicted molar refractivity (Wildman–Crippen MR) is 93.4 cm³/mol. The average molecular weight is 379 g/mol. The molecule has 1 aliphatic rings.